The van der Waals surface area contributed by atoms with Crippen molar-refractivity contribution in [3.05, 3.63) is 204 Å². The Morgan fingerprint density at radius 3 is 1.62 bits per heavy atom. The molecule has 1 spiro atoms. The van der Waals surface area contributed by atoms with Crippen molar-refractivity contribution in [2.45, 2.75) is 5.41 Å². The molecule has 9 aromatic rings. The Labute approximate surface area is 301 Å². The lowest BCUT2D eigenvalue weighted by Crippen LogP contribution is -2.32. The summed E-state index contributed by atoms with van der Waals surface area (Å²) in [5, 5.41) is 4.53. The van der Waals surface area contributed by atoms with Crippen LogP contribution in [0.5, 0.6) is 11.5 Å². The highest BCUT2D eigenvalue weighted by Crippen LogP contribution is 2.65. The molecule has 2 heterocycles. The lowest BCUT2D eigenvalue weighted by atomic mass is 9.65. The van der Waals surface area contributed by atoms with Gasteiger partial charge in [0.15, 0.2) is 5.82 Å². The van der Waals surface area contributed by atoms with Gasteiger partial charge < -0.3 is 4.74 Å². The van der Waals surface area contributed by atoms with Crippen molar-refractivity contribution in [3.8, 4) is 56.5 Å². The number of hydrogen-bond acceptors (Lipinski definition) is 3. The van der Waals surface area contributed by atoms with Crippen LogP contribution < -0.4 is 4.74 Å². The third kappa shape index (κ3) is 4.02. The van der Waals surface area contributed by atoms with Crippen LogP contribution in [0.15, 0.2) is 182 Å². The van der Waals surface area contributed by atoms with Gasteiger partial charge in [-0.15, -0.1) is 0 Å². The predicted octanol–water partition coefficient (Wildman–Crippen LogP) is 12.3. The van der Waals surface area contributed by atoms with E-state index in [1.807, 2.05) is 24.3 Å². The van der Waals surface area contributed by atoms with Gasteiger partial charge in [-0.05, 0) is 39.1 Å². The summed E-state index contributed by atoms with van der Waals surface area (Å²) < 4.78 is 7.14. The molecular formula is C49H30N2O. The van der Waals surface area contributed by atoms with Crippen molar-refractivity contribution in [3.63, 3.8) is 0 Å². The SMILES string of the molecule is c1ccc(-c2cc(-c3cccc4c3-c3ccccc3C43c4ccc5ccccc5c4Oc4c3ccc3ccccc43)nc(-c3ccccc3)n2)cc1. The minimum absolute atomic E-state index is 0.629. The molecule has 0 saturated heterocycles. The van der Waals surface area contributed by atoms with Crippen LogP contribution in [0.3, 0.4) is 0 Å². The van der Waals surface area contributed by atoms with Crippen molar-refractivity contribution in [1.82, 2.24) is 9.97 Å². The van der Waals surface area contributed by atoms with E-state index in [2.05, 4.69) is 158 Å². The molecule has 0 saturated carbocycles. The molecule has 0 fully saturated rings. The molecule has 0 bridgehead atoms. The van der Waals surface area contributed by atoms with E-state index in [1.54, 1.807) is 0 Å². The van der Waals surface area contributed by atoms with Gasteiger partial charge in [0.1, 0.15) is 11.5 Å². The minimum atomic E-state index is -0.629. The fraction of sp³-hybridized carbons (Fsp3) is 0.0204. The molecule has 1 aromatic heterocycles. The van der Waals surface area contributed by atoms with Gasteiger partial charge in [-0.3, -0.25) is 0 Å². The number of nitrogens with zero attached hydrogens (tertiary/aromatic N) is 2. The van der Waals surface area contributed by atoms with Crippen LogP contribution in [-0.4, -0.2) is 9.97 Å². The van der Waals surface area contributed by atoms with E-state index in [4.69, 9.17) is 14.7 Å². The van der Waals surface area contributed by atoms with Crippen LogP contribution in [0.25, 0.3) is 66.6 Å². The maximum atomic E-state index is 7.14. The summed E-state index contributed by atoms with van der Waals surface area (Å²) in [4.78, 5) is 10.4. The molecule has 242 valence electrons. The van der Waals surface area contributed by atoms with Crippen LogP contribution >= 0.6 is 0 Å². The van der Waals surface area contributed by atoms with E-state index in [0.29, 0.717) is 5.82 Å². The Morgan fingerprint density at radius 2 is 0.923 bits per heavy atom. The predicted molar refractivity (Wildman–Crippen MR) is 211 cm³/mol. The summed E-state index contributed by atoms with van der Waals surface area (Å²) in [7, 11) is 0. The Kier molecular flexibility index (Phi) is 6.17. The molecule has 3 nitrogen and oxygen atoms in total. The number of rotatable bonds is 3. The average Bonchev–Trinajstić information content (AvgIpc) is 3.52. The summed E-state index contributed by atoms with van der Waals surface area (Å²) in [6.45, 7) is 0. The van der Waals surface area contributed by atoms with Crippen molar-refractivity contribution >= 4 is 21.5 Å². The lowest BCUT2D eigenvalue weighted by molar-refractivity contribution is 0.447. The third-order valence-corrected chi connectivity index (χ3v) is 10.9. The summed E-state index contributed by atoms with van der Waals surface area (Å²) in [5.41, 5.74) is 11.4. The van der Waals surface area contributed by atoms with Gasteiger partial charge in [0, 0.05) is 38.6 Å². The fourth-order valence-electron chi connectivity index (χ4n) is 8.72. The summed E-state index contributed by atoms with van der Waals surface area (Å²) in [5.74, 6) is 2.53. The Bertz CT molecular complexity index is 2740. The van der Waals surface area contributed by atoms with E-state index in [9.17, 15) is 0 Å². The topological polar surface area (TPSA) is 35.0 Å². The molecule has 3 heteroatoms. The molecule has 11 rings (SSSR count). The van der Waals surface area contributed by atoms with E-state index >= 15 is 0 Å². The normalized spacial score (nSPS) is 13.3. The van der Waals surface area contributed by atoms with Crippen molar-refractivity contribution < 1.29 is 4.74 Å². The maximum Gasteiger partial charge on any atom is 0.160 e. The molecule has 8 aromatic carbocycles. The molecule has 1 aliphatic heterocycles. The van der Waals surface area contributed by atoms with Crippen molar-refractivity contribution in [2.24, 2.45) is 0 Å². The van der Waals surface area contributed by atoms with Gasteiger partial charge >= 0.3 is 0 Å². The number of hydrogen-bond donors (Lipinski definition) is 0. The Balaban J connectivity index is 1.26. The highest BCUT2D eigenvalue weighted by Gasteiger charge is 2.52. The molecule has 0 N–H and O–H groups in total. The van der Waals surface area contributed by atoms with Crippen molar-refractivity contribution in [2.75, 3.05) is 0 Å². The minimum Gasteiger partial charge on any atom is -0.455 e. The molecule has 52 heavy (non-hydrogen) atoms. The largest absolute Gasteiger partial charge is 0.455 e. The van der Waals surface area contributed by atoms with E-state index < -0.39 is 5.41 Å². The third-order valence-electron chi connectivity index (χ3n) is 10.9. The van der Waals surface area contributed by atoms with Crippen LogP contribution in [0.4, 0.5) is 0 Å². The van der Waals surface area contributed by atoms with Crippen LogP contribution in [0.2, 0.25) is 0 Å². The second-order valence-electron chi connectivity index (χ2n) is 13.6. The molecule has 1 aliphatic carbocycles. The summed E-state index contributed by atoms with van der Waals surface area (Å²) in [6, 6.07) is 64.7. The van der Waals surface area contributed by atoms with Gasteiger partial charge in [-0.2, -0.15) is 0 Å². The maximum absolute atomic E-state index is 7.14. The smallest absolute Gasteiger partial charge is 0.160 e. The first-order valence-electron chi connectivity index (χ1n) is 17.7. The van der Waals surface area contributed by atoms with Gasteiger partial charge in [0.2, 0.25) is 0 Å². The van der Waals surface area contributed by atoms with Gasteiger partial charge in [-0.1, -0.05) is 176 Å². The molecule has 0 atom stereocenters. The van der Waals surface area contributed by atoms with E-state index in [-0.39, 0.29) is 0 Å². The number of ether oxygens (including phenoxy) is 1. The molecule has 0 amide bonds. The summed E-state index contributed by atoms with van der Waals surface area (Å²) >= 11 is 0. The number of fused-ring (bicyclic) bond motifs is 13. The van der Waals surface area contributed by atoms with E-state index in [0.717, 1.165) is 72.2 Å². The average molecular weight is 663 g/mol. The zero-order valence-electron chi connectivity index (χ0n) is 28.1. The molecular weight excluding hydrogens is 633 g/mol. The zero-order chi connectivity index (χ0) is 34.2. The summed E-state index contributed by atoms with van der Waals surface area (Å²) in [6.07, 6.45) is 0. The second-order valence-corrected chi connectivity index (χ2v) is 13.6. The standard InChI is InChI=1S/C49H30N2O/c1-3-16-33(17-4-1)43-30-44(51-48(50-43)34-18-5-2-6-19-34)38-23-13-25-40-45(38)37-22-11-12-24-39(37)49(40)41-28-26-31-14-7-9-20-35(31)46(41)52-47-36-21-10-8-15-32(36)27-29-42(47)49/h1-30H. The number of aromatic nitrogens is 2. The molecule has 2 aliphatic rings. The van der Waals surface area contributed by atoms with E-state index in [1.165, 1.54) is 22.3 Å². The highest BCUT2D eigenvalue weighted by molar-refractivity contribution is 6.02. The first kappa shape index (κ1) is 28.9. The number of benzene rings is 8. The second kappa shape index (κ2) is 11.1. The fourth-order valence-corrected chi connectivity index (χ4v) is 8.72. The quantitative estimate of drug-likeness (QED) is 0.189. The van der Waals surface area contributed by atoms with Crippen LogP contribution in [-0.2, 0) is 5.41 Å². The van der Waals surface area contributed by atoms with Gasteiger partial charge in [0.05, 0.1) is 16.8 Å². The van der Waals surface area contributed by atoms with Gasteiger partial charge in [-0.25, -0.2) is 9.97 Å². The Hall–Kier alpha value is -6.84. The molecule has 0 unspecified atom stereocenters. The van der Waals surface area contributed by atoms with Crippen molar-refractivity contribution in [1.29, 1.82) is 0 Å². The van der Waals surface area contributed by atoms with Gasteiger partial charge in [0.25, 0.3) is 0 Å². The van der Waals surface area contributed by atoms with Crippen LogP contribution in [0.1, 0.15) is 22.3 Å². The lowest BCUT2D eigenvalue weighted by Gasteiger charge is -2.40. The molecule has 0 radical (unpaired) electrons. The Morgan fingerprint density at radius 1 is 0.385 bits per heavy atom. The van der Waals surface area contributed by atoms with Crippen LogP contribution in [0, 0.1) is 0 Å². The highest BCUT2D eigenvalue weighted by atomic mass is 16.5. The first-order chi connectivity index (χ1) is 25.8. The monoisotopic (exact) mass is 662 g/mol. The first-order valence-corrected chi connectivity index (χ1v) is 17.7. The zero-order valence-corrected chi connectivity index (χ0v) is 28.1.